The van der Waals surface area contributed by atoms with Gasteiger partial charge >= 0.3 is 0 Å². The number of hydrogen-bond donors (Lipinski definition) is 2. The maximum atomic E-state index is 12.4. The SMILES string of the molecule is Cc1ccccc1NCC(=O)N1CCC2(CCCNC2)C1. The highest BCUT2D eigenvalue weighted by Gasteiger charge is 2.40. The summed E-state index contributed by atoms with van der Waals surface area (Å²) in [6.45, 7) is 6.50. The molecule has 0 saturated carbocycles. The third kappa shape index (κ3) is 3.21. The largest absolute Gasteiger partial charge is 0.376 e. The molecule has 0 aliphatic carbocycles. The summed E-state index contributed by atoms with van der Waals surface area (Å²) in [4.78, 5) is 14.4. The molecule has 1 aromatic rings. The number of nitrogens with one attached hydrogen (secondary N) is 2. The molecule has 0 bridgehead atoms. The Balaban J connectivity index is 1.53. The minimum absolute atomic E-state index is 0.223. The summed E-state index contributed by atoms with van der Waals surface area (Å²) >= 11 is 0. The monoisotopic (exact) mass is 287 g/mol. The van der Waals surface area contributed by atoms with Gasteiger partial charge in [-0.1, -0.05) is 18.2 Å². The van der Waals surface area contributed by atoms with Crippen LogP contribution in [0.15, 0.2) is 24.3 Å². The van der Waals surface area contributed by atoms with Gasteiger partial charge < -0.3 is 15.5 Å². The molecule has 1 aromatic carbocycles. The standard InChI is InChI=1S/C17H25N3O/c1-14-5-2-3-6-15(14)19-11-16(21)20-10-8-17(13-20)7-4-9-18-12-17/h2-3,5-6,18-19H,4,7-13H2,1H3. The second-order valence-electron chi connectivity index (χ2n) is 6.51. The Kier molecular flexibility index (Phi) is 4.15. The smallest absolute Gasteiger partial charge is 0.241 e. The van der Waals surface area contributed by atoms with Crippen molar-refractivity contribution in [2.75, 3.05) is 38.0 Å². The fraction of sp³-hybridized carbons (Fsp3) is 0.588. The van der Waals surface area contributed by atoms with Crippen molar-refractivity contribution in [2.24, 2.45) is 5.41 Å². The van der Waals surface area contributed by atoms with E-state index in [2.05, 4.69) is 23.6 Å². The summed E-state index contributed by atoms with van der Waals surface area (Å²) in [5.41, 5.74) is 2.58. The lowest BCUT2D eigenvalue weighted by Crippen LogP contribution is -2.43. The topological polar surface area (TPSA) is 44.4 Å². The molecule has 0 radical (unpaired) electrons. The third-order valence-corrected chi connectivity index (χ3v) is 4.93. The van der Waals surface area contributed by atoms with Crippen LogP contribution in [0, 0.1) is 12.3 Å². The second kappa shape index (κ2) is 6.06. The molecule has 3 rings (SSSR count). The Morgan fingerprint density at radius 3 is 3.00 bits per heavy atom. The van der Waals surface area contributed by atoms with Gasteiger partial charge in [0.15, 0.2) is 0 Å². The molecule has 2 aliphatic heterocycles. The maximum absolute atomic E-state index is 12.4. The van der Waals surface area contributed by atoms with E-state index in [9.17, 15) is 4.79 Å². The number of likely N-dealkylation sites (tertiary alicyclic amines) is 1. The van der Waals surface area contributed by atoms with Gasteiger partial charge in [-0.05, 0) is 44.4 Å². The number of benzene rings is 1. The molecule has 1 amide bonds. The van der Waals surface area contributed by atoms with Crippen LogP contribution in [0.5, 0.6) is 0 Å². The lowest BCUT2D eigenvalue weighted by Gasteiger charge is -2.33. The van der Waals surface area contributed by atoms with Crippen LogP contribution in [0.3, 0.4) is 0 Å². The van der Waals surface area contributed by atoms with Crippen molar-refractivity contribution in [3.63, 3.8) is 0 Å². The van der Waals surface area contributed by atoms with Crippen LogP contribution in [0.2, 0.25) is 0 Å². The number of carbonyl (C=O) groups is 1. The van der Waals surface area contributed by atoms with E-state index in [0.717, 1.165) is 38.3 Å². The van der Waals surface area contributed by atoms with Crippen LogP contribution < -0.4 is 10.6 Å². The van der Waals surface area contributed by atoms with Gasteiger partial charge in [0.05, 0.1) is 6.54 Å². The summed E-state index contributed by atoms with van der Waals surface area (Å²) in [5, 5.41) is 6.76. The van der Waals surface area contributed by atoms with Crippen LogP contribution in [-0.2, 0) is 4.79 Å². The first kappa shape index (κ1) is 14.4. The number of nitrogens with zero attached hydrogens (tertiary/aromatic N) is 1. The Morgan fingerprint density at radius 1 is 1.38 bits per heavy atom. The average Bonchev–Trinajstić information content (AvgIpc) is 2.90. The fourth-order valence-corrected chi connectivity index (χ4v) is 3.58. The summed E-state index contributed by atoms with van der Waals surface area (Å²) in [7, 11) is 0. The van der Waals surface area contributed by atoms with Gasteiger partial charge in [0.1, 0.15) is 0 Å². The lowest BCUT2D eigenvalue weighted by atomic mass is 9.80. The van der Waals surface area contributed by atoms with E-state index in [4.69, 9.17) is 0 Å². The van der Waals surface area contributed by atoms with Crippen LogP contribution in [0.1, 0.15) is 24.8 Å². The molecule has 2 heterocycles. The Hall–Kier alpha value is -1.55. The van der Waals surface area contributed by atoms with Gasteiger partial charge in [-0.3, -0.25) is 4.79 Å². The molecule has 4 heteroatoms. The summed E-state index contributed by atoms with van der Waals surface area (Å²) in [6, 6.07) is 8.10. The number of piperidine rings is 1. The molecule has 4 nitrogen and oxygen atoms in total. The molecule has 2 saturated heterocycles. The van der Waals surface area contributed by atoms with E-state index >= 15 is 0 Å². The van der Waals surface area contributed by atoms with Crippen molar-refractivity contribution in [1.29, 1.82) is 0 Å². The fourth-order valence-electron chi connectivity index (χ4n) is 3.58. The second-order valence-corrected chi connectivity index (χ2v) is 6.51. The zero-order valence-corrected chi connectivity index (χ0v) is 12.8. The van der Waals surface area contributed by atoms with Gasteiger partial charge in [0, 0.05) is 30.7 Å². The first-order valence-electron chi connectivity index (χ1n) is 7.97. The van der Waals surface area contributed by atoms with Gasteiger partial charge in [0.25, 0.3) is 0 Å². The van der Waals surface area contributed by atoms with Crippen molar-refractivity contribution in [3.05, 3.63) is 29.8 Å². The molecule has 114 valence electrons. The summed E-state index contributed by atoms with van der Waals surface area (Å²) in [5.74, 6) is 0.223. The Bertz CT molecular complexity index is 509. The summed E-state index contributed by atoms with van der Waals surface area (Å²) in [6.07, 6.45) is 3.65. The molecule has 2 N–H and O–H groups in total. The predicted octanol–water partition coefficient (Wildman–Crippen LogP) is 2.01. The molecule has 21 heavy (non-hydrogen) atoms. The van der Waals surface area contributed by atoms with Crippen molar-refractivity contribution in [3.8, 4) is 0 Å². The number of amides is 1. The number of aryl methyl sites for hydroxylation is 1. The number of rotatable bonds is 3. The zero-order chi connectivity index (χ0) is 14.7. The molecular formula is C17H25N3O. The van der Waals surface area contributed by atoms with Gasteiger partial charge in [-0.2, -0.15) is 0 Å². The molecular weight excluding hydrogens is 262 g/mol. The highest BCUT2D eigenvalue weighted by atomic mass is 16.2. The third-order valence-electron chi connectivity index (χ3n) is 4.93. The van der Waals surface area contributed by atoms with E-state index in [1.807, 2.05) is 23.1 Å². The average molecular weight is 287 g/mol. The van der Waals surface area contributed by atoms with Crippen LogP contribution in [-0.4, -0.2) is 43.5 Å². The predicted molar refractivity (Wildman–Crippen MR) is 85.4 cm³/mol. The molecule has 1 unspecified atom stereocenters. The van der Waals surface area contributed by atoms with E-state index in [0.29, 0.717) is 12.0 Å². The first-order valence-corrected chi connectivity index (χ1v) is 7.97. The Labute approximate surface area is 126 Å². The minimum Gasteiger partial charge on any atom is -0.376 e. The first-order chi connectivity index (χ1) is 10.2. The van der Waals surface area contributed by atoms with Crippen LogP contribution in [0.25, 0.3) is 0 Å². The molecule has 2 aliphatic rings. The number of anilines is 1. The van der Waals surface area contributed by atoms with E-state index < -0.39 is 0 Å². The lowest BCUT2D eigenvalue weighted by molar-refractivity contribution is -0.128. The van der Waals surface area contributed by atoms with Gasteiger partial charge in [0.2, 0.25) is 5.91 Å². The maximum Gasteiger partial charge on any atom is 0.241 e. The minimum atomic E-state index is 0.223. The van der Waals surface area contributed by atoms with Crippen LogP contribution in [0.4, 0.5) is 5.69 Å². The van der Waals surface area contributed by atoms with Crippen LogP contribution >= 0.6 is 0 Å². The molecule has 1 atom stereocenters. The van der Waals surface area contributed by atoms with Crippen molar-refractivity contribution in [2.45, 2.75) is 26.2 Å². The van der Waals surface area contributed by atoms with Gasteiger partial charge in [-0.15, -0.1) is 0 Å². The number of para-hydroxylation sites is 1. The summed E-state index contributed by atoms with van der Waals surface area (Å²) < 4.78 is 0. The van der Waals surface area contributed by atoms with Crippen molar-refractivity contribution >= 4 is 11.6 Å². The molecule has 0 aromatic heterocycles. The van der Waals surface area contributed by atoms with E-state index in [1.54, 1.807) is 0 Å². The van der Waals surface area contributed by atoms with Crippen molar-refractivity contribution in [1.82, 2.24) is 10.2 Å². The molecule has 2 fully saturated rings. The van der Waals surface area contributed by atoms with E-state index in [1.165, 1.54) is 18.4 Å². The van der Waals surface area contributed by atoms with Gasteiger partial charge in [-0.25, -0.2) is 0 Å². The normalized spacial score (nSPS) is 25.3. The van der Waals surface area contributed by atoms with Crippen molar-refractivity contribution < 1.29 is 4.79 Å². The highest BCUT2D eigenvalue weighted by molar-refractivity contribution is 5.81. The Morgan fingerprint density at radius 2 is 2.24 bits per heavy atom. The zero-order valence-electron chi connectivity index (χ0n) is 12.8. The number of hydrogen-bond acceptors (Lipinski definition) is 3. The van der Waals surface area contributed by atoms with E-state index in [-0.39, 0.29) is 5.91 Å². The molecule has 1 spiro atoms. The quantitative estimate of drug-likeness (QED) is 0.894. The highest BCUT2D eigenvalue weighted by Crippen LogP contribution is 2.36. The number of carbonyl (C=O) groups excluding carboxylic acids is 1.